The standard InChI is InChI=1S/C16H19N5O/c1-11(2)14(9-22)19-15-8-13(12-6-4-3-5-7-12)20-16-17-10-18-21(15)16/h3-8,10-11,14,19,22H,9H2,1-2H3/t14-/m1/s1. The molecule has 0 aliphatic carbocycles. The van der Waals surface area contributed by atoms with E-state index in [9.17, 15) is 5.11 Å². The fourth-order valence-electron chi connectivity index (χ4n) is 2.28. The number of benzene rings is 1. The number of anilines is 1. The van der Waals surface area contributed by atoms with Gasteiger partial charge in [-0.2, -0.15) is 14.6 Å². The summed E-state index contributed by atoms with van der Waals surface area (Å²) in [5.74, 6) is 1.59. The summed E-state index contributed by atoms with van der Waals surface area (Å²) < 4.78 is 1.65. The number of fused-ring (bicyclic) bond motifs is 1. The molecular weight excluding hydrogens is 278 g/mol. The van der Waals surface area contributed by atoms with Crippen molar-refractivity contribution in [1.82, 2.24) is 19.6 Å². The molecule has 22 heavy (non-hydrogen) atoms. The number of rotatable bonds is 5. The van der Waals surface area contributed by atoms with Crippen LogP contribution in [0.2, 0.25) is 0 Å². The van der Waals surface area contributed by atoms with E-state index in [0.717, 1.165) is 17.1 Å². The summed E-state index contributed by atoms with van der Waals surface area (Å²) in [5, 5.41) is 17.1. The van der Waals surface area contributed by atoms with Gasteiger partial charge in [-0.1, -0.05) is 44.2 Å². The summed E-state index contributed by atoms with van der Waals surface area (Å²) in [4.78, 5) is 8.71. The maximum atomic E-state index is 9.54. The zero-order valence-corrected chi connectivity index (χ0v) is 12.6. The lowest BCUT2D eigenvalue weighted by molar-refractivity contribution is 0.249. The summed E-state index contributed by atoms with van der Waals surface area (Å²) >= 11 is 0. The molecule has 6 heteroatoms. The van der Waals surface area contributed by atoms with Gasteiger partial charge in [0.15, 0.2) is 0 Å². The lowest BCUT2D eigenvalue weighted by Gasteiger charge is -2.21. The second kappa shape index (κ2) is 6.11. The minimum atomic E-state index is -0.0570. The minimum Gasteiger partial charge on any atom is -0.394 e. The van der Waals surface area contributed by atoms with E-state index in [-0.39, 0.29) is 18.6 Å². The molecule has 2 N–H and O–H groups in total. The van der Waals surface area contributed by atoms with E-state index in [4.69, 9.17) is 0 Å². The molecule has 0 amide bonds. The zero-order chi connectivity index (χ0) is 15.5. The van der Waals surface area contributed by atoms with Crippen molar-refractivity contribution in [2.45, 2.75) is 19.9 Å². The molecule has 6 nitrogen and oxygen atoms in total. The summed E-state index contributed by atoms with van der Waals surface area (Å²) in [6.45, 7) is 4.17. The Bertz CT molecular complexity index is 754. The number of aromatic nitrogens is 4. The smallest absolute Gasteiger partial charge is 0.254 e. The summed E-state index contributed by atoms with van der Waals surface area (Å²) in [5.41, 5.74) is 1.84. The van der Waals surface area contributed by atoms with E-state index in [2.05, 4.69) is 34.2 Å². The molecule has 0 saturated heterocycles. The maximum absolute atomic E-state index is 9.54. The first-order chi connectivity index (χ1) is 10.7. The zero-order valence-electron chi connectivity index (χ0n) is 12.6. The van der Waals surface area contributed by atoms with Crippen molar-refractivity contribution in [3.8, 4) is 11.3 Å². The third-order valence-corrected chi connectivity index (χ3v) is 3.66. The van der Waals surface area contributed by atoms with Crippen LogP contribution in [-0.2, 0) is 0 Å². The van der Waals surface area contributed by atoms with Crippen LogP contribution in [0.5, 0.6) is 0 Å². The molecule has 2 heterocycles. The van der Waals surface area contributed by atoms with Gasteiger partial charge in [-0.25, -0.2) is 4.98 Å². The van der Waals surface area contributed by atoms with Crippen molar-refractivity contribution >= 4 is 11.6 Å². The molecule has 3 rings (SSSR count). The van der Waals surface area contributed by atoms with Crippen LogP contribution in [0, 0.1) is 5.92 Å². The number of hydrogen-bond acceptors (Lipinski definition) is 5. The van der Waals surface area contributed by atoms with E-state index < -0.39 is 0 Å². The Morgan fingerprint density at radius 1 is 1.23 bits per heavy atom. The van der Waals surface area contributed by atoms with Crippen molar-refractivity contribution in [3.63, 3.8) is 0 Å². The Kier molecular flexibility index (Phi) is 4.02. The molecule has 1 atom stereocenters. The van der Waals surface area contributed by atoms with Crippen LogP contribution >= 0.6 is 0 Å². The van der Waals surface area contributed by atoms with Gasteiger partial charge in [0.25, 0.3) is 5.78 Å². The van der Waals surface area contributed by atoms with E-state index in [0.29, 0.717) is 5.78 Å². The van der Waals surface area contributed by atoms with Gasteiger partial charge in [-0.05, 0) is 5.92 Å². The van der Waals surface area contributed by atoms with Crippen LogP contribution in [0.4, 0.5) is 5.82 Å². The van der Waals surface area contributed by atoms with E-state index >= 15 is 0 Å². The Morgan fingerprint density at radius 2 is 2.00 bits per heavy atom. The number of aliphatic hydroxyl groups is 1. The molecule has 0 bridgehead atoms. The molecule has 2 aromatic heterocycles. The fraction of sp³-hybridized carbons (Fsp3) is 0.312. The lowest BCUT2D eigenvalue weighted by Crippen LogP contribution is -2.30. The minimum absolute atomic E-state index is 0.0524. The Hall–Kier alpha value is -2.47. The van der Waals surface area contributed by atoms with Gasteiger partial charge in [0, 0.05) is 11.6 Å². The molecule has 0 radical (unpaired) electrons. The highest BCUT2D eigenvalue weighted by Crippen LogP contribution is 2.22. The van der Waals surface area contributed by atoms with Crippen molar-refractivity contribution in [2.24, 2.45) is 5.92 Å². The topological polar surface area (TPSA) is 75.3 Å². The average molecular weight is 297 g/mol. The van der Waals surface area contributed by atoms with Crippen LogP contribution in [0.15, 0.2) is 42.7 Å². The van der Waals surface area contributed by atoms with Gasteiger partial charge < -0.3 is 10.4 Å². The first-order valence-electron chi connectivity index (χ1n) is 7.32. The Balaban J connectivity index is 2.06. The molecule has 0 aliphatic heterocycles. The van der Waals surface area contributed by atoms with Gasteiger partial charge >= 0.3 is 0 Å². The third kappa shape index (κ3) is 2.78. The second-order valence-electron chi connectivity index (χ2n) is 5.54. The van der Waals surface area contributed by atoms with Gasteiger partial charge in [-0.15, -0.1) is 0 Å². The van der Waals surface area contributed by atoms with Crippen LogP contribution in [0.3, 0.4) is 0 Å². The molecule has 0 aliphatic rings. The molecule has 0 fully saturated rings. The molecular formula is C16H19N5O. The van der Waals surface area contributed by atoms with Crippen LogP contribution in [0.1, 0.15) is 13.8 Å². The largest absolute Gasteiger partial charge is 0.394 e. The number of hydrogen-bond donors (Lipinski definition) is 2. The predicted octanol–water partition coefficient (Wildman–Crippen LogP) is 2.22. The average Bonchev–Trinajstić information content (AvgIpc) is 3.01. The highest BCUT2D eigenvalue weighted by molar-refractivity contribution is 5.65. The highest BCUT2D eigenvalue weighted by atomic mass is 16.3. The summed E-state index contributed by atoms with van der Waals surface area (Å²) in [7, 11) is 0. The second-order valence-corrected chi connectivity index (χ2v) is 5.54. The molecule has 0 saturated carbocycles. The van der Waals surface area contributed by atoms with E-state index in [1.54, 1.807) is 4.52 Å². The van der Waals surface area contributed by atoms with Gasteiger partial charge in [0.05, 0.1) is 18.3 Å². The van der Waals surface area contributed by atoms with Gasteiger partial charge in [0.1, 0.15) is 12.1 Å². The molecule has 1 aromatic carbocycles. The fourth-order valence-corrected chi connectivity index (χ4v) is 2.28. The predicted molar refractivity (Wildman–Crippen MR) is 85.6 cm³/mol. The third-order valence-electron chi connectivity index (χ3n) is 3.66. The Labute approximate surface area is 128 Å². The first-order valence-corrected chi connectivity index (χ1v) is 7.32. The number of nitrogens with one attached hydrogen (secondary N) is 1. The van der Waals surface area contributed by atoms with Gasteiger partial charge in [-0.3, -0.25) is 0 Å². The molecule has 114 valence electrons. The van der Waals surface area contributed by atoms with Crippen molar-refractivity contribution in [3.05, 3.63) is 42.7 Å². The molecule has 3 aromatic rings. The van der Waals surface area contributed by atoms with Crippen molar-refractivity contribution in [2.75, 3.05) is 11.9 Å². The quantitative estimate of drug-likeness (QED) is 0.755. The maximum Gasteiger partial charge on any atom is 0.254 e. The SMILES string of the molecule is CC(C)[C@@H](CO)Nc1cc(-c2ccccc2)nc2ncnn12. The highest BCUT2D eigenvalue weighted by Gasteiger charge is 2.15. The van der Waals surface area contributed by atoms with E-state index in [1.165, 1.54) is 6.33 Å². The van der Waals surface area contributed by atoms with Crippen molar-refractivity contribution < 1.29 is 5.11 Å². The Morgan fingerprint density at radius 3 is 2.68 bits per heavy atom. The normalized spacial score (nSPS) is 12.7. The number of aliphatic hydroxyl groups excluding tert-OH is 1. The summed E-state index contributed by atoms with van der Waals surface area (Å²) in [6.07, 6.45) is 1.48. The van der Waals surface area contributed by atoms with Crippen LogP contribution in [-0.4, -0.2) is 37.3 Å². The lowest BCUT2D eigenvalue weighted by atomic mass is 10.1. The van der Waals surface area contributed by atoms with Gasteiger partial charge in [0.2, 0.25) is 0 Å². The monoisotopic (exact) mass is 297 g/mol. The van der Waals surface area contributed by atoms with Crippen molar-refractivity contribution in [1.29, 1.82) is 0 Å². The molecule has 0 unspecified atom stereocenters. The molecule has 0 spiro atoms. The van der Waals surface area contributed by atoms with Crippen LogP contribution in [0.25, 0.3) is 17.0 Å². The van der Waals surface area contributed by atoms with Crippen LogP contribution < -0.4 is 5.32 Å². The van der Waals surface area contributed by atoms with E-state index in [1.807, 2.05) is 36.4 Å². The summed E-state index contributed by atoms with van der Waals surface area (Å²) in [6, 6.07) is 11.8. The number of nitrogens with zero attached hydrogens (tertiary/aromatic N) is 4. The first kappa shape index (κ1) is 14.5.